The highest BCUT2D eigenvalue weighted by Crippen LogP contribution is 2.30. The van der Waals surface area contributed by atoms with Crippen LogP contribution in [0.3, 0.4) is 0 Å². The minimum Gasteiger partial charge on any atom is -0.480 e. The van der Waals surface area contributed by atoms with Crippen molar-refractivity contribution in [2.45, 2.75) is 39.7 Å². The molecule has 6 nitrogen and oxygen atoms in total. The van der Waals surface area contributed by atoms with Gasteiger partial charge in [-0.2, -0.15) is 0 Å². The summed E-state index contributed by atoms with van der Waals surface area (Å²) in [6.45, 7) is 6.40. The van der Waals surface area contributed by atoms with Crippen LogP contribution in [0.5, 0.6) is 0 Å². The molecule has 1 amide bonds. The Morgan fingerprint density at radius 3 is 2.81 bits per heavy atom. The van der Waals surface area contributed by atoms with Gasteiger partial charge >= 0.3 is 12.1 Å². The summed E-state index contributed by atoms with van der Waals surface area (Å²) in [4.78, 5) is 28.8. The van der Waals surface area contributed by atoms with E-state index in [0.717, 1.165) is 10.5 Å². The van der Waals surface area contributed by atoms with E-state index in [0.29, 0.717) is 12.2 Å². The Labute approximate surface area is 123 Å². The lowest BCUT2D eigenvalue weighted by Gasteiger charge is -2.23. The van der Waals surface area contributed by atoms with E-state index < -0.39 is 18.1 Å². The summed E-state index contributed by atoms with van der Waals surface area (Å²) in [5.41, 5.74) is 0.797. The SMILES string of the molecule is CC(C)(C)CCOC(=O)N1c2ncccc2CC1C(=O)O. The van der Waals surface area contributed by atoms with E-state index in [9.17, 15) is 14.7 Å². The van der Waals surface area contributed by atoms with Crippen molar-refractivity contribution >= 4 is 17.9 Å². The highest BCUT2D eigenvalue weighted by atomic mass is 16.6. The molecular formula is C15H20N2O4. The Kier molecular flexibility index (Phi) is 4.16. The number of nitrogens with zero attached hydrogens (tertiary/aromatic N) is 2. The fourth-order valence-corrected chi connectivity index (χ4v) is 2.18. The highest BCUT2D eigenvalue weighted by Gasteiger charge is 2.40. The van der Waals surface area contributed by atoms with Crippen molar-refractivity contribution in [2.24, 2.45) is 5.41 Å². The normalized spacial score (nSPS) is 17.5. The van der Waals surface area contributed by atoms with Crippen LogP contribution < -0.4 is 4.90 Å². The molecule has 0 saturated carbocycles. The number of carboxylic acid groups (broad SMARTS) is 1. The van der Waals surface area contributed by atoms with Gasteiger partial charge < -0.3 is 9.84 Å². The standard InChI is InChI=1S/C15H20N2O4/c1-15(2,3)6-8-21-14(20)17-11(13(18)19)9-10-5-4-7-16-12(10)17/h4-5,7,11H,6,8-9H2,1-3H3,(H,18,19). The van der Waals surface area contributed by atoms with Crippen LogP contribution in [-0.2, 0) is 16.0 Å². The van der Waals surface area contributed by atoms with Gasteiger partial charge in [-0.3, -0.25) is 0 Å². The van der Waals surface area contributed by atoms with Crippen LogP contribution in [0.25, 0.3) is 0 Å². The second-order valence-corrected chi connectivity index (χ2v) is 6.34. The first-order valence-electron chi connectivity index (χ1n) is 6.92. The first kappa shape index (κ1) is 15.3. The number of amides is 1. The van der Waals surface area contributed by atoms with Crippen molar-refractivity contribution < 1.29 is 19.4 Å². The number of fused-ring (bicyclic) bond motifs is 1. The number of anilines is 1. The van der Waals surface area contributed by atoms with E-state index in [1.807, 2.05) is 20.8 Å². The predicted molar refractivity (Wildman–Crippen MR) is 77.3 cm³/mol. The van der Waals surface area contributed by atoms with Gasteiger partial charge in [-0.25, -0.2) is 19.5 Å². The lowest BCUT2D eigenvalue weighted by Crippen LogP contribution is -2.43. The molecule has 2 heterocycles. The van der Waals surface area contributed by atoms with Gasteiger partial charge in [0.15, 0.2) is 0 Å². The molecule has 1 aliphatic heterocycles. The largest absolute Gasteiger partial charge is 0.480 e. The van der Waals surface area contributed by atoms with Crippen LogP contribution >= 0.6 is 0 Å². The number of carbonyl (C=O) groups is 2. The molecule has 114 valence electrons. The molecule has 0 fully saturated rings. The van der Waals surface area contributed by atoms with Gasteiger partial charge in [0.1, 0.15) is 11.9 Å². The second-order valence-electron chi connectivity index (χ2n) is 6.34. The summed E-state index contributed by atoms with van der Waals surface area (Å²) in [5.74, 6) is -0.675. The zero-order valence-corrected chi connectivity index (χ0v) is 12.5. The number of carboxylic acids is 1. The van der Waals surface area contributed by atoms with E-state index >= 15 is 0 Å². The first-order valence-corrected chi connectivity index (χ1v) is 6.92. The Morgan fingerprint density at radius 2 is 2.19 bits per heavy atom. The maximum Gasteiger partial charge on any atom is 0.416 e. The van der Waals surface area contributed by atoms with E-state index in [-0.39, 0.29) is 18.4 Å². The molecule has 1 aromatic rings. The third kappa shape index (κ3) is 3.51. The van der Waals surface area contributed by atoms with Gasteiger partial charge in [0.25, 0.3) is 0 Å². The third-order valence-corrected chi connectivity index (χ3v) is 3.38. The number of hydrogen-bond acceptors (Lipinski definition) is 4. The zero-order chi connectivity index (χ0) is 15.6. The van der Waals surface area contributed by atoms with Gasteiger partial charge in [-0.1, -0.05) is 26.8 Å². The summed E-state index contributed by atoms with van der Waals surface area (Å²) in [6, 6.07) is 2.56. The van der Waals surface area contributed by atoms with Crippen LogP contribution in [-0.4, -0.2) is 34.8 Å². The molecule has 1 N–H and O–H groups in total. The van der Waals surface area contributed by atoms with Crippen molar-refractivity contribution in [3.63, 3.8) is 0 Å². The second kappa shape index (κ2) is 5.71. The fraction of sp³-hybridized carbons (Fsp3) is 0.533. The number of carbonyl (C=O) groups excluding carboxylic acids is 1. The minimum absolute atomic E-state index is 0.0493. The van der Waals surface area contributed by atoms with Gasteiger partial charge in [0.05, 0.1) is 6.61 Å². The van der Waals surface area contributed by atoms with Crippen molar-refractivity contribution in [1.29, 1.82) is 0 Å². The topological polar surface area (TPSA) is 79.7 Å². The summed E-state index contributed by atoms with van der Waals surface area (Å²) < 4.78 is 5.22. The molecule has 1 aromatic heterocycles. The average Bonchev–Trinajstić information content (AvgIpc) is 2.76. The minimum atomic E-state index is -1.05. The number of ether oxygens (including phenoxy) is 1. The Balaban J connectivity index is 2.11. The van der Waals surface area contributed by atoms with Gasteiger partial charge in [-0.05, 0) is 23.5 Å². The fourth-order valence-electron chi connectivity index (χ4n) is 2.18. The van der Waals surface area contributed by atoms with Crippen molar-refractivity contribution in [3.8, 4) is 0 Å². The number of rotatable bonds is 3. The van der Waals surface area contributed by atoms with Gasteiger partial charge in [0.2, 0.25) is 0 Å². The van der Waals surface area contributed by atoms with Crippen LogP contribution in [0.1, 0.15) is 32.8 Å². The predicted octanol–water partition coefficient (Wildman–Crippen LogP) is 2.47. The summed E-state index contributed by atoms with van der Waals surface area (Å²) in [5, 5.41) is 9.28. The van der Waals surface area contributed by atoms with E-state index in [1.54, 1.807) is 18.3 Å². The molecule has 6 heteroatoms. The first-order chi connectivity index (χ1) is 9.79. The molecular weight excluding hydrogens is 272 g/mol. The average molecular weight is 292 g/mol. The third-order valence-electron chi connectivity index (χ3n) is 3.38. The van der Waals surface area contributed by atoms with Gasteiger partial charge in [-0.15, -0.1) is 0 Å². The monoisotopic (exact) mass is 292 g/mol. The quantitative estimate of drug-likeness (QED) is 0.925. The molecule has 0 aromatic carbocycles. The molecule has 0 radical (unpaired) electrons. The molecule has 0 aliphatic carbocycles. The zero-order valence-electron chi connectivity index (χ0n) is 12.5. The Morgan fingerprint density at radius 1 is 1.48 bits per heavy atom. The molecule has 1 aliphatic rings. The van der Waals surface area contributed by atoms with Gasteiger partial charge in [0, 0.05) is 12.6 Å². The van der Waals surface area contributed by atoms with E-state index in [2.05, 4.69) is 4.98 Å². The molecule has 1 atom stereocenters. The van der Waals surface area contributed by atoms with Crippen LogP contribution in [0.15, 0.2) is 18.3 Å². The van der Waals surface area contributed by atoms with E-state index in [1.165, 1.54) is 0 Å². The Hall–Kier alpha value is -2.11. The number of aromatic nitrogens is 1. The van der Waals surface area contributed by atoms with E-state index in [4.69, 9.17) is 4.74 Å². The number of hydrogen-bond donors (Lipinski definition) is 1. The summed E-state index contributed by atoms with van der Waals surface area (Å²) >= 11 is 0. The summed E-state index contributed by atoms with van der Waals surface area (Å²) in [7, 11) is 0. The molecule has 1 unspecified atom stereocenters. The maximum absolute atomic E-state index is 12.2. The van der Waals surface area contributed by atoms with Crippen molar-refractivity contribution in [1.82, 2.24) is 4.98 Å². The molecule has 21 heavy (non-hydrogen) atoms. The number of aliphatic carboxylic acids is 1. The van der Waals surface area contributed by atoms with Crippen molar-refractivity contribution in [3.05, 3.63) is 23.9 Å². The molecule has 0 saturated heterocycles. The maximum atomic E-state index is 12.2. The molecule has 0 spiro atoms. The van der Waals surface area contributed by atoms with Crippen LogP contribution in [0.4, 0.5) is 10.6 Å². The van der Waals surface area contributed by atoms with Crippen LogP contribution in [0.2, 0.25) is 0 Å². The smallest absolute Gasteiger partial charge is 0.416 e. The van der Waals surface area contributed by atoms with Crippen molar-refractivity contribution in [2.75, 3.05) is 11.5 Å². The summed E-state index contributed by atoms with van der Waals surface area (Å²) in [6.07, 6.45) is 1.86. The lowest BCUT2D eigenvalue weighted by molar-refractivity contribution is -0.138. The molecule has 2 rings (SSSR count). The number of pyridine rings is 1. The highest BCUT2D eigenvalue weighted by molar-refractivity contribution is 5.97. The lowest BCUT2D eigenvalue weighted by atomic mass is 9.93. The Bertz CT molecular complexity index is 551. The molecule has 0 bridgehead atoms. The van der Waals surface area contributed by atoms with Crippen LogP contribution in [0, 0.1) is 5.41 Å².